The molecule has 2 N–H and O–H groups in total. The lowest BCUT2D eigenvalue weighted by atomic mass is 10.2. The number of nitrogens with one attached hydrogen (secondary N) is 2. The van der Waals surface area contributed by atoms with Crippen molar-refractivity contribution in [3.8, 4) is 0 Å². The molecule has 1 amide bonds. The Morgan fingerprint density at radius 1 is 1.30 bits per heavy atom. The summed E-state index contributed by atoms with van der Waals surface area (Å²) in [6.07, 6.45) is 9.30. The highest BCUT2D eigenvalue weighted by Crippen LogP contribution is 2.10. The number of likely N-dealkylation sites (tertiary alicyclic amines) is 1. The van der Waals surface area contributed by atoms with E-state index >= 15 is 0 Å². The third-order valence-electron chi connectivity index (χ3n) is 3.75. The summed E-state index contributed by atoms with van der Waals surface area (Å²) in [4.78, 5) is 18.4. The number of hydrogen-bond donors (Lipinski definition) is 2. The fourth-order valence-electron chi connectivity index (χ4n) is 2.64. The summed E-state index contributed by atoms with van der Waals surface area (Å²) < 4.78 is 0. The summed E-state index contributed by atoms with van der Waals surface area (Å²) in [5.41, 5.74) is 0. The second-order valence-electron chi connectivity index (χ2n) is 5.38. The van der Waals surface area contributed by atoms with Crippen LogP contribution in [0.3, 0.4) is 0 Å². The van der Waals surface area contributed by atoms with Crippen LogP contribution in [0.25, 0.3) is 0 Å². The highest BCUT2D eigenvalue weighted by Gasteiger charge is 2.17. The smallest absolute Gasteiger partial charge is 0.224 e. The van der Waals surface area contributed by atoms with Crippen LogP contribution in [0.5, 0.6) is 0 Å². The predicted molar refractivity (Wildman–Crippen MR) is 81.7 cm³/mol. The van der Waals surface area contributed by atoms with Crippen molar-refractivity contribution in [3.63, 3.8) is 0 Å². The molecule has 20 heavy (non-hydrogen) atoms. The zero-order valence-electron chi connectivity index (χ0n) is 12.4. The van der Waals surface area contributed by atoms with Gasteiger partial charge in [0.25, 0.3) is 0 Å². The molecule has 1 heterocycles. The molecule has 0 unspecified atom stereocenters. The first-order valence-corrected chi connectivity index (χ1v) is 7.77. The highest BCUT2D eigenvalue weighted by atomic mass is 16.2. The zero-order valence-corrected chi connectivity index (χ0v) is 12.4. The zero-order chi connectivity index (χ0) is 14.2. The molecular formula is C15H26N4O. The summed E-state index contributed by atoms with van der Waals surface area (Å²) in [6, 6.07) is 0.446. The summed E-state index contributed by atoms with van der Waals surface area (Å²) in [5.74, 6) is 1.07. The lowest BCUT2D eigenvalue weighted by Crippen LogP contribution is -2.42. The minimum Gasteiger partial charge on any atom is -0.357 e. The van der Waals surface area contributed by atoms with Crippen LogP contribution >= 0.6 is 0 Å². The van der Waals surface area contributed by atoms with Crippen LogP contribution in [0.15, 0.2) is 17.1 Å². The van der Waals surface area contributed by atoms with Crippen molar-refractivity contribution < 1.29 is 4.79 Å². The van der Waals surface area contributed by atoms with Gasteiger partial charge in [0.1, 0.15) is 0 Å². The van der Waals surface area contributed by atoms with Gasteiger partial charge in [0.15, 0.2) is 5.96 Å². The van der Waals surface area contributed by atoms with Gasteiger partial charge in [-0.3, -0.25) is 9.79 Å². The van der Waals surface area contributed by atoms with E-state index in [4.69, 9.17) is 0 Å². The Balaban J connectivity index is 1.74. The Kier molecular flexibility index (Phi) is 5.89. The van der Waals surface area contributed by atoms with Gasteiger partial charge in [-0.15, -0.1) is 0 Å². The first-order valence-electron chi connectivity index (χ1n) is 7.77. The van der Waals surface area contributed by atoms with Gasteiger partial charge in [0, 0.05) is 32.1 Å². The standard InChI is InChI=1S/C15H26N4O/c1-2-16-15(18-13-7-3-4-8-13)17-10-9-14(20)19-11-5-6-12-19/h3-4,13H,2,5-12H2,1H3,(H2,16,17,18). The molecule has 0 radical (unpaired) electrons. The van der Waals surface area contributed by atoms with Gasteiger partial charge in [0.2, 0.25) is 5.91 Å². The fourth-order valence-corrected chi connectivity index (χ4v) is 2.64. The van der Waals surface area contributed by atoms with Gasteiger partial charge in [-0.25, -0.2) is 0 Å². The van der Waals surface area contributed by atoms with E-state index in [9.17, 15) is 4.79 Å². The SMILES string of the molecule is CCNC(=NCCC(=O)N1CCCC1)NC1CC=CC1. The fraction of sp³-hybridized carbons (Fsp3) is 0.733. The van der Waals surface area contributed by atoms with E-state index in [2.05, 4.69) is 34.7 Å². The number of rotatable bonds is 5. The largest absolute Gasteiger partial charge is 0.357 e. The van der Waals surface area contributed by atoms with E-state index in [1.54, 1.807) is 0 Å². The average molecular weight is 278 g/mol. The number of nitrogens with zero attached hydrogens (tertiary/aromatic N) is 2. The van der Waals surface area contributed by atoms with Crippen LogP contribution in [0.1, 0.15) is 39.0 Å². The highest BCUT2D eigenvalue weighted by molar-refractivity contribution is 5.81. The van der Waals surface area contributed by atoms with Gasteiger partial charge < -0.3 is 15.5 Å². The monoisotopic (exact) mass is 278 g/mol. The van der Waals surface area contributed by atoms with E-state index < -0.39 is 0 Å². The quantitative estimate of drug-likeness (QED) is 0.452. The molecule has 0 aromatic rings. The maximum Gasteiger partial charge on any atom is 0.224 e. The van der Waals surface area contributed by atoms with Crippen molar-refractivity contribution in [2.24, 2.45) is 4.99 Å². The van der Waals surface area contributed by atoms with Crippen molar-refractivity contribution in [3.05, 3.63) is 12.2 Å². The number of carbonyl (C=O) groups excluding carboxylic acids is 1. The van der Waals surface area contributed by atoms with E-state index in [1.807, 2.05) is 4.90 Å². The van der Waals surface area contributed by atoms with Gasteiger partial charge in [-0.2, -0.15) is 0 Å². The van der Waals surface area contributed by atoms with Crippen LogP contribution in [-0.4, -0.2) is 49.0 Å². The minimum absolute atomic E-state index is 0.240. The van der Waals surface area contributed by atoms with Crippen LogP contribution in [0.2, 0.25) is 0 Å². The summed E-state index contributed by atoms with van der Waals surface area (Å²) >= 11 is 0. The van der Waals surface area contributed by atoms with Gasteiger partial charge in [-0.1, -0.05) is 12.2 Å². The third-order valence-corrected chi connectivity index (χ3v) is 3.75. The topological polar surface area (TPSA) is 56.7 Å². The van der Waals surface area contributed by atoms with Gasteiger partial charge >= 0.3 is 0 Å². The predicted octanol–water partition coefficient (Wildman–Crippen LogP) is 1.27. The van der Waals surface area contributed by atoms with Crippen molar-refractivity contribution in [2.75, 3.05) is 26.2 Å². The van der Waals surface area contributed by atoms with E-state index in [-0.39, 0.29) is 5.91 Å². The number of aliphatic imine (C=N–C) groups is 1. The third kappa shape index (κ3) is 4.54. The second-order valence-corrected chi connectivity index (χ2v) is 5.38. The summed E-state index contributed by atoms with van der Waals surface area (Å²) in [6.45, 7) is 5.31. The first-order chi connectivity index (χ1) is 9.79. The molecule has 112 valence electrons. The Labute approximate surface area is 121 Å². The Bertz CT molecular complexity index is 364. The number of hydrogen-bond acceptors (Lipinski definition) is 2. The molecule has 0 spiro atoms. The molecule has 2 rings (SSSR count). The minimum atomic E-state index is 0.240. The van der Waals surface area contributed by atoms with Crippen LogP contribution < -0.4 is 10.6 Å². The van der Waals surface area contributed by atoms with E-state index in [1.165, 1.54) is 0 Å². The number of carbonyl (C=O) groups is 1. The maximum absolute atomic E-state index is 11.9. The molecule has 2 aliphatic rings. The maximum atomic E-state index is 11.9. The van der Waals surface area contributed by atoms with Crippen molar-refractivity contribution in [1.82, 2.24) is 15.5 Å². The van der Waals surface area contributed by atoms with Crippen molar-refractivity contribution in [2.45, 2.75) is 45.1 Å². The Morgan fingerprint density at radius 3 is 2.65 bits per heavy atom. The summed E-state index contributed by atoms with van der Waals surface area (Å²) in [5, 5.41) is 6.65. The molecule has 0 saturated carbocycles. The normalized spacial score (nSPS) is 19.6. The first kappa shape index (κ1) is 14.9. The molecule has 5 nitrogen and oxygen atoms in total. The molecule has 1 fully saturated rings. The van der Waals surface area contributed by atoms with Gasteiger partial charge in [-0.05, 0) is 32.6 Å². The molecule has 0 bridgehead atoms. The van der Waals surface area contributed by atoms with E-state index in [0.717, 1.165) is 51.3 Å². The molecular weight excluding hydrogens is 252 g/mol. The lowest BCUT2D eigenvalue weighted by molar-refractivity contribution is -0.129. The molecule has 1 aliphatic carbocycles. The van der Waals surface area contributed by atoms with Crippen LogP contribution in [0, 0.1) is 0 Å². The molecule has 1 saturated heterocycles. The average Bonchev–Trinajstić information content (AvgIpc) is 3.12. The van der Waals surface area contributed by atoms with Crippen molar-refractivity contribution >= 4 is 11.9 Å². The number of amides is 1. The lowest BCUT2D eigenvalue weighted by Gasteiger charge is -2.17. The Morgan fingerprint density at radius 2 is 2.00 bits per heavy atom. The molecule has 1 aliphatic heterocycles. The molecule has 0 atom stereocenters. The van der Waals surface area contributed by atoms with Gasteiger partial charge in [0.05, 0.1) is 6.54 Å². The Hall–Kier alpha value is -1.52. The van der Waals surface area contributed by atoms with Crippen molar-refractivity contribution in [1.29, 1.82) is 0 Å². The number of guanidine groups is 1. The summed E-state index contributed by atoms with van der Waals surface area (Å²) in [7, 11) is 0. The molecule has 0 aromatic heterocycles. The van der Waals surface area contributed by atoms with Crippen LogP contribution in [0.4, 0.5) is 0 Å². The second kappa shape index (κ2) is 7.92. The van der Waals surface area contributed by atoms with Crippen LogP contribution in [-0.2, 0) is 4.79 Å². The molecule has 5 heteroatoms. The van der Waals surface area contributed by atoms with E-state index in [0.29, 0.717) is 19.0 Å². The molecule has 0 aromatic carbocycles.